The van der Waals surface area contributed by atoms with E-state index in [0.29, 0.717) is 0 Å². The molecule has 0 saturated carbocycles. The number of hydrogen-bond acceptors (Lipinski definition) is 2. The zero-order chi connectivity index (χ0) is 30.6. The van der Waals surface area contributed by atoms with Gasteiger partial charge in [-0.05, 0) is 52.1 Å². The Balaban J connectivity index is 1.28. The van der Waals surface area contributed by atoms with Crippen molar-refractivity contribution < 1.29 is 0 Å². The van der Waals surface area contributed by atoms with E-state index in [1.54, 1.807) is 0 Å². The largest absolute Gasteiger partial charge is 0.308 e. The third kappa shape index (κ3) is 3.36. The summed E-state index contributed by atoms with van der Waals surface area (Å²) < 4.78 is 2.49. The fraction of sp³-hybridized carbons (Fsp3) is 0.0698. The maximum absolute atomic E-state index is 2.52. The molecule has 3 heterocycles. The summed E-state index contributed by atoms with van der Waals surface area (Å²) in [5, 5.41) is 7.62. The van der Waals surface area contributed by atoms with Crippen molar-refractivity contribution in [3.63, 3.8) is 0 Å². The van der Waals surface area contributed by atoms with Crippen LogP contribution in [0.5, 0.6) is 0 Å². The second-order valence-electron chi connectivity index (χ2n) is 13.0. The lowest BCUT2D eigenvalue weighted by atomic mass is 9.82. The van der Waals surface area contributed by atoms with Crippen molar-refractivity contribution in [2.75, 3.05) is 4.90 Å². The molecule has 3 aromatic heterocycles. The van der Waals surface area contributed by atoms with Crippen LogP contribution in [0.25, 0.3) is 59.7 Å². The van der Waals surface area contributed by atoms with Crippen LogP contribution in [-0.4, -0.2) is 4.40 Å². The van der Waals surface area contributed by atoms with E-state index in [9.17, 15) is 0 Å². The summed E-state index contributed by atoms with van der Waals surface area (Å²) in [6.45, 7) is 4.73. The van der Waals surface area contributed by atoms with Crippen molar-refractivity contribution in [1.82, 2.24) is 4.40 Å². The molecule has 0 bridgehead atoms. The summed E-state index contributed by atoms with van der Waals surface area (Å²) in [5.41, 5.74) is 14.0. The molecule has 3 heteroatoms. The Morgan fingerprint density at radius 2 is 1.24 bits per heavy atom. The highest BCUT2D eigenvalue weighted by Gasteiger charge is 2.38. The van der Waals surface area contributed by atoms with E-state index in [1.165, 1.54) is 82.2 Å². The van der Waals surface area contributed by atoms with Crippen LogP contribution in [-0.2, 0) is 5.41 Å². The average Bonchev–Trinajstić information content (AvgIpc) is 3.83. The van der Waals surface area contributed by atoms with Gasteiger partial charge in [-0.25, -0.2) is 0 Å². The molecule has 10 rings (SSSR count). The molecule has 0 unspecified atom stereocenters. The first kappa shape index (κ1) is 25.9. The van der Waals surface area contributed by atoms with Crippen LogP contribution in [0.4, 0.5) is 17.1 Å². The Labute approximate surface area is 271 Å². The molecule has 0 amide bonds. The number of para-hydroxylation sites is 2. The highest BCUT2D eigenvalue weighted by molar-refractivity contribution is 7.17. The van der Waals surface area contributed by atoms with Crippen molar-refractivity contribution >= 4 is 65.8 Å². The number of hydrogen-bond donors (Lipinski definition) is 0. The van der Waals surface area contributed by atoms with Gasteiger partial charge in [0.2, 0.25) is 0 Å². The van der Waals surface area contributed by atoms with Gasteiger partial charge >= 0.3 is 0 Å². The van der Waals surface area contributed by atoms with Crippen LogP contribution in [0.3, 0.4) is 0 Å². The molecule has 218 valence electrons. The maximum Gasteiger partial charge on any atom is 0.110 e. The lowest BCUT2D eigenvalue weighted by Gasteiger charge is -2.28. The summed E-state index contributed by atoms with van der Waals surface area (Å²) in [5.74, 6) is 0. The molecular formula is C43H30N2S. The van der Waals surface area contributed by atoms with Crippen LogP contribution in [0, 0.1) is 0 Å². The first-order valence-electron chi connectivity index (χ1n) is 15.9. The Morgan fingerprint density at radius 3 is 2.11 bits per heavy atom. The van der Waals surface area contributed by atoms with Gasteiger partial charge in [-0.2, -0.15) is 0 Å². The molecule has 0 spiro atoms. The molecule has 0 radical (unpaired) electrons. The third-order valence-electron chi connectivity index (χ3n) is 10.2. The molecule has 0 atom stereocenters. The van der Waals surface area contributed by atoms with Crippen molar-refractivity contribution in [3.8, 4) is 22.3 Å². The third-order valence-corrected chi connectivity index (χ3v) is 11.2. The van der Waals surface area contributed by atoms with Gasteiger partial charge in [0.05, 0.1) is 22.4 Å². The summed E-state index contributed by atoms with van der Waals surface area (Å²) in [6.07, 6.45) is 0. The highest BCUT2D eigenvalue weighted by Crippen LogP contribution is 2.56. The number of aromatic nitrogens is 1. The fourth-order valence-corrected chi connectivity index (χ4v) is 9.19. The monoisotopic (exact) mass is 606 g/mol. The minimum absolute atomic E-state index is 0.0792. The smallest absolute Gasteiger partial charge is 0.110 e. The van der Waals surface area contributed by atoms with Gasteiger partial charge in [-0.15, -0.1) is 11.3 Å². The molecule has 46 heavy (non-hydrogen) atoms. The molecule has 0 saturated heterocycles. The SMILES string of the molecule is CC1(C)c2ccccc2-c2c(N(c3ccc(-c4ccccc4)cc3)c3csc4c3c3cccc5c6ccccc6n4c53)cccc21. The van der Waals surface area contributed by atoms with Gasteiger partial charge in [-0.3, -0.25) is 4.40 Å². The number of fused-ring (bicyclic) bond motifs is 9. The van der Waals surface area contributed by atoms with Crippen molar-refractivity contribution in [3.05, 3.63) is 156 Å². The van der Waals surface area contributed by atoms with Gasteiger partial charge in [0.1, 0.15) is 4.83 Å². The average molecular weight is 607 g/mol. The van der Waals surface area contributed by atoms with E-state index in [2.05, 4.69) is 168 Å². The quantitative estimate of drug-likeness (QED) is 0.193. The Bertz CT molecular complexity index is 2600. The lowest BCUT2D eigenvalue weighted by molar-refractivity contribution is 0.660. The second-order valence-corrected chi connectivity index (χ2v) is 13.8. The lowest BCUT2D eigenvalue weighted by Crippen LogP contribution is -2.15. The molecule has 2 nitrogen and oxygen atoms in total. The van der Waals surface area contributed by atoms with E-state index in [4.69, 9.17) is 0 Å². The van der Waals surface area contributed by atoms with Gasteiger partial charge < -0.3 is 4.90 Å². The van der Waals surface area contributed by atoms with Crippen LogP contribution in [0.15, 0.2) is 145 Å². The first-order chi connectivity index (χ1) is 22.6. The van der Waals surface area contributed by atoms with Crippen LogP contribution >= 0.6 is 11.3 Å². The molecule has 0 N–H and O–H groups in total. The van der Waals surface area contributed by atoms with Crippen LogP contribution in [0.2, 0.25) is 0 Å². The summed E-state index contributed by atoms with van der Waals surface area (Å²) >= 11 is 1.85. The molecule has 1 aliphatic carbocycles. The van der Waals surface area contributed by atoms with Crippen molar-refractivity contribution in [1.29, 1.82) is 0 Å². The standard InChI is InChI=1S/C43H30N2S/c1-43(2)34-18-8-6-15-32(34)39-35(43)19-11-21-37(39)44(29-24-22-28(23-25-29)27-12-4-3-5-13-27)38-26-46-42-40(38)33-17-10-16-31-30-14-7-9-20-36(30)45(42)41(31)33/h3-26H,1-2H3. The summed E-state index contributed by atoms with van der Waals surface area (Å²) in [6, 6.07) is 51.3. The van der Waals surface area contributed by atoms with E-state index < -0.39 is 0 Å². The number of benzene rings is 6. The molecule has 1 aliphatic rings. The number of rotatable bonds is 4. The van der Waals surface area contributed by atoms with Gasteiger partial charge in [0.25, 0.3) is 0 Å². The minimum atomic E-state index is -0.0792. The molecule has 9 aromatic rings. The predicted molar refractivity (Wildman–Crippen MR) is 197 cm³/mol. The molecule has 0 aliphatic heterocycles. The van der Waals surface area contributed by atoms with Crippen molar-refractivity contribution in [2.24, 2.45) is 0 Å². The van der Waals surface area contributed by atoms with E-state index in [-0.39, 0.29) is 5.41 Å². The second kappa shape index (κ2) is 9.32. The normalized spacial score (nSPS) is 13.6. The van der Waals surface area contributed by atoms with E-state index >= 15 is 0 Å². The summed E-state index contributed by atoms with van der Waals surface area (Å²) in [4.78, 5) is 3.82. The molecule has 0 fully saturated rings. The van der Waals surface area contributed by atoms with Gasteiger partial charge in [-0.1, -0.05) is 129 Å². The topological polar surface area (TPSA) is 7.65 Å². The number of nitrogens with zero attached hydrogens (tertiary/aromatic N) is 2. The molecular weight excluding hydrogens is 577 g/mol. The van der Waals surface area contributed by atoms with Crippen LogP contribution in [0.1, 0.15) is 25.0 Å². The molecule has 6 aromatic carbocycles. The van der Waals surface area contributed by atoms with Gasteiger partial charge in [0, 0.05) is 43.6 Å². The van der Waals surface area contributed by atoms with E-state index in [1.807, 2.05) is 11.3 Å². The predicted octanol–water partition coefficient (Wildman–Crippen LogP) is 12.3. The van der Waals surface area contributed by atoms with Crippen molar-refractivity contribution in [2.45, 2.75) is 19.3 Å². The number of thiophene rings is 1. The van der Waals surface area contributed by atoms with E-state index in [0.717, 1.165) is 5.69 Å². The van der Waals surface area contributed by atoms with Crippen LogP contribution < -0.4 is 4.90 Å². The maximum atomic E-state index is 2.52. The Hall–Kier alpha value is -5.38. The Morgan fingerprint density at radius 1 is 0.565 bits per heavy atom. The Kier molecular flexibility index (Phi) is 5.25. The zero-order valence-corrected chi connectivity index (χ0v) is 26.5. The highest BCUT2D eigenvalue weighted by atomic mass is 32.1. The zero-order valence-electron chi connectivity index (χ0n) is 25.7. The fourth-order valence-electron chi connectivity index (χ4n) is 8.12. The minimum Gasteiger partial charge on any atom is -0.308 e. The van der Waals surface area contributed by atoms with Gasteiger partial charge in [0.15, 0.2) is 0 Å². The first-order valence-corrected chi connectivity index (χ1v) is 16.8. The summed E-state index contributed by atoms with van der Waals surface area (Å²) in [7, 11) is 0. The number of anilines is 3.